The molecule has 0 spiro atoms. The second-order valence-electron chi connectivity index (χ2n) is 15.7. The summed E-state index contributed by atoms with van der Waals surface area (Å²) in [7, 11) is 0. The minimum Gasteiger partial charge on any atom is -0.310 e. The Hall–Kier alpha value is -7.72. The monoisotopic (exact) mass is 794 g/mol. The van der Waals surface area contributed by atoms with Crippen molar-refractivity contribution >= 4 is 81.1 Å². The molecule has 3 heteroatoms. The maximum absolute atomic E-state index is 2.40. The van der Waals surface area contributed by atoms with Gasteiger partial charge in [-0.2, -0.15) is 0 Å². The Bertz CT molecular complexity index is 3560. The first kappa shape index (κ1) is 35.2. The fraction of sp³-hybridized carbons (Fsp3) is 0. The third kappa shape index (κ3) is 6.09. The summed E-state index contributed by atoms with van der Waals surface area (Å²) in [4.78, 5) is 2.38. The first-order valence-corrected chi connectivity index (χ1v) is 21.6. The highest BCUT2D eigenvalue weighted by Gasteiger charge is 2.17. The topological polar surface area (TPSA) is 8.17 Å². The van der Waals surface area contributed by atoms with E-state index in [1.165, 1.54) is 86.1 Å². The predicted molar refractivity (Wildman–Crippen MR) is 262 cm³/mol. The van der Waals surface area contributed by atoms with Crippen molar-refractivity contribution in [2.24, 2.45) is 0 Å². The van der Waals surface area contributed by atoms with Crippen LogP contribution in [0, 0.1) is 0 Å². The number of thiophene rings is 1. The molecule has 61 heavy (non-hydrogen) atoms. The highest BCUT2D eigenvalue weighted by Crippen LogP contribution is 2.43. The van der Waals surface area contributed by atoms with Gasteiger partial charge >= 0.3 is 0 Å². The molecule has 286 valence electrons. The molecule has 12 rings (SSSR count). The Morgan fingerprint density at radius 2 is 0.885 bits per heavy atom. The van der Waals surface area contributed by atoms with E-state index < -0.39 is 0 Å². The van der Waals surface area contributed by atoms with E-state index in [4.69, 9.17) is 0 Å². The molecule has 0 aliphatic rings. The van der Waals surface area contributed by atoms with Crippen LogP contribution in [0.1, 0.15) is 0 Å². The Labute approximate surface area is 358 Å². The molecule has 12 aromatic rings. The van der Waals surface area contributed by atoms with Crippen LogP contribution in [-0.4, -0.2) is 4.57 Å². The lowest BCUT2D eigenvalue weighted by molar-refractivity contribution is 1.18. The molecule has 0 radical (unpaired) electrons. The lowest BCUT2D eigenvalue weighted by atomic mass is 9.98. The average Bonchev–Trinajstić information content (AvgIpc) is 3.87. The number of hydrogen-bond donors (Lipinski definition) is 0. The van der Waals surface area contributed by atoms with Gasteiger partial charge in [-0.25, -0.2) is 0 Å². The van der Waals surface area contributed by atoms with Crippen LogP contribution >= 0.6 is 11.3 Å². The fourth-order valence-corrected chi connectivity index (χ4v) is 10.4. The number of para-hydroxylation sites is 1. The average molecular weight is 795 g/mol. The normalized spacial score (nSPS) is 11.6. The van der Waals surface area contributed by atoms with Gasteiger partial charge in [0.2, 0.25) is 0 Å². The Morgan fingerprint density at radius 3 is 1.62 bits per heavy atom. The third-order valence-electron chi connectivity index (χ3n) is 12.2. The van der Waals surface area contributed by atoms with Crippen LogP contribution in [0.2, 0.25) is 0 Å². The van der Waals surface area contributed by atoms with Crippen LogP contribution in [0.4, 0.5) is 17.1 Å². The van der Waals surface area contributed by atoms with Gasteiger partial charge in [-0.15, -0.1) is 11.3 Å². The van der Waals surface area contributed by atoms with Gasteiger partial charge in [0, 0.05) is 53.7 Å². The SMILES string of the molecule is c1ccc(-c2ccc(N(c3ccc(-c4ccc(-n5c6ccccc6c6cc7ccccc7cc65)cc4)cc3)c3cccc(-c4cccc5sc6ccccc6c45)c3)cc2)cc1. The van der Waals surface area contributed by atoms with Gasteiger partial charge in [-0.05, 0) is 123 Å². The van der Waals surface area contributed by atoms with Gasteiger partial charge in [-0.3, -0.25) is 0 Å². The molecular weight excluding hydrogens is 757 g/mol. The predicted octanol–water partition coefficient (Wildman–Crippen LogP) is 16.8. The van der Waals surface area contributed by atoms with E-state index in [0.717, 1.165) is 22.7 Å². The summed E-state index contributed by atoms with van der Waals surface area (Å²) in [6, 6.07) is 84.1. The first-order chi connectivity index (χ1) is 30.2. The zero-order chi connectivity index (χ0) is 40.3. The van der Waals surface area contributed by atoms with Gasteiger partial charge in [0.05, 0.1) is 11.0 Å². The fourth-order valence-electron chi connectivity index (χ4n) is 9.25. The summed E-state index contributed by atoms with van der Waals surface area (Å²) >= 11 is 1.86. The molecule has 0 saturated carbocycles. The summed E-state index contributed by atoms with van der Waals surface area (Å²) in [5.41, 5.74) is 14.1. The molecule has 0 amide bonds. The molecule has 2 aromatic heterocycles. The standard InChI is InChI=1S/C58H38N2S/c1-2-12-39(13-3-1)40-24-30-46(31-25-40)59(49-17-10-16-45(36-49)50-20-11-23-57-58(50)52-19-7-9-22-56(52)61-57)47-32-26-41(27-33-47)42-28-34-48(35-29-42)60-54-21-8-6-18-51(54)53-37-43-14-4-5-15-44(43)38-55(53)60/h1-38H. The van der Waals surface area contributed by atoms with Crippen LogP contribution in [0.15, 0.2) is 231 Å². The number of anilines is 3. The van der Waals surface area contributed by atoms with Gasteiger partial charge in [-0.1, -0.05) is 152 Å². The van der Waals surface area contributed by atoms with E-state index in [0.29, 0.717) is 0 Å². The van der Waals surface area contributed by atoms with E-state index in [-0.39, 0.29) is 0 Å². The van der Waals surface area contributed by atoms with Crippen LogP contribution in [0.3, 0.4) is 0 Å². The number of nitrogens with zero attached hydrogens (tertiary/aromatic N) is 2. The maximum atomic E-state index is 2.40. The maximum Gasteiger partial charge on any atom is 0.0547 e. The van der Waals surface area contributed by atoms with Crippen LogP contribution < -0.4 is 4.90 Å². The summed E-state index contributed by atoms with van der Waals surface area (Å²) in [5, 5.41) is 7.68. The van der Waals surface area contributed by atoms with Gasteiger partial charge in [0.15, 0.2) is 0 Å². The van der Waals surface area contributed by atoms with Crippen LogP contribution in [0.25, 0.3) is 91.8 Å². The second kappa shape index (κ2) is 14.5. The molecule has 2 heterocycles. The van der Waals surface area contributed by atoms with Gasteiger partial charge < -0.3 is 9.47 Å². The minimum atomic E-state index is 1.10. The Balaban J connectivity index is 0.927. The lowest BCUT2D eigenvalue weighted by Gasteiger charge is -2.26. The molecule has 0 fully saturated rings. The van der Waals surface area contributed by atoms with Crippen molar-refractivity contribution < 1.29 is 0 Å². The van der Waals surface area contributed by atoms with Gasteiger partial charge in [0.25, 0.3) is 0 Å². The van der Waals surface area contributed by atoms with E-state index in [1.807, 2.05) is 11.3 Å². The zero-order valence-electron chi connectivity index (χ0n) is 33.2. The molecule has 0 aliphatic heterocycles. The molecule has 10 aromatic carbocycles. The number of aromatic nitrogens is 1. The van der Waals surface area contributed by atoms with Crippen molar-refractivity contribution in [2.75, 3.05) is 4.90 Å². The summed E-state index contributed by atoms with van der Waals surface area (Å²) in [6.07, 6.45) is 0. The smallest absolute Gasteiger partial charge is 0.0547 e. The molecule has 0 aliphatic carbocycles. The minimum absolute atomic E-state index is 1.10. The summed E-state index contributed by atoms with van der Waals surface area (Å²) in [5.74, 6) is 0. The highest BCUT2D eigenvalue weighted by molar-refractivity contribution is 7.25. The molecule has 0 unspecified atom stereocenters. The number of rotatable bonds is 7. The molecule has 0 atom stereocenters. The van der Waals surface area contributed by atoms with E-state index in [9.17, 15) is 0 Å². The highest BCUT2D eigenvalue weighted by atomic mass is 32.1. The first-order valence-electron chi connectivity index (χ1n) is 20.8. The van der Waals surface area contributed by atoms with Crippen molar-refractivity contribution in [1.82, 2.24) is 4.57 Å². The molecule has 0 bridgehead atoms. The largest absolute Gasteiger partial charge is 0.310 e. The molecule has 0 N–H and O–H groups in total. The quantitative estimate of drug-likeness (QED) is 0.156. The molecular formula is C58H38N2S. The van der Waals surface area contributed by atoms with Crippen molar-refractivity contribution in [3.63, 3.8) is 0 Å². The Kier molecular flexibility index (Phi) is 8.39. The Morgan fingerprint density at radius 1 is 0.328 bits per heavy atom. The number of hydrogen-bond acceptors (Lipinski definition) is 2. The molecule has 0 saturated heterocycles. The number of fused-ring (bicyclic) bond motifs is 7. The van der Waals surface area contributed by atoms with Crippen molar-refractivity contribution in [1.29, 1.82) is 0 Å². The number of benzene rings is 10. The molecule has 2 nitrogen and oxygen atoms in total. The summed E-state index contributed by atoms with van der Waals surface area (Å²) < 4.78 is 5.03. The summed E-state index contributed by atoms with van der Waals surface area (Å²) in [6.45, 7) is 0. The second-order valence-corrected chi connectivity index (χ2v) is 16.8. The third-order valence-corrected chi connectivity index (χ3v) is 13.3. The van der Waals surface area contributed by atoms with Crippen molar-refractivity contribution in [2.45, 2.75) is 0 Å². The zero-order valence-corrected chi connectivity index (χ0v) is 34.1. The van der Waals surface area contributed by atoms with E-state index in [1.54, 1.807) is 0 Å². The van der Waals surface area contributed by atoms with E-state index >= 15 is 0 Å². The van der Waals surface area contributed by atoms with Crippen LogP contribution in [-0.2, 0) is 0 Å². The van der Waals surface area contributed by atoms with Crippen molar-refractivity contribution in [3.05, 3.63) is 231 Å². The van der Waals surface area contributed by atoms with E-state index in [2.05, 4.69) is 240 Å². The lowest BCUT2D eigenvalue weighted by Crippen LogP contribution is -2.10. The van der Waals surface area contributed by atoms with Gasteiger partial charge in [0.1, 0.15) is 0 Å². The van der Waals surface area contributed by atoms with Crippen LogP contribution in [0.5, 0.6) is 0 Å². The van der Waals surface area contributed by atoms with Crippen molar-refractivity contribution in [3.8, 4) is 39.1 Å².